The maximum atomic E-state index is 11.8. The summed E-state index contributed by atoms with van der Waals surface area (Å²) in [6.07, 6.45) is 0. The van der Waals surface area contributed by atoms with Crippen molar-refractivity contribution in [2.75, 3.05) is 13.7 Å². The van der Waals surface area contributed by atoms with Gasteiger partial charge in [0.15, 0.2) is 0 Å². The van der Waals surface area contributed by atoms with Crippen molar-refractivity contribution in [2.24, 2.45) is 5.73 Å². The lowest BCUT2D eigenvalue weighted by molar-refractivity contribution is 0.413. The van der Waals surface area contributed by atoms with Gasteiger partial charge < -0.3 is 10.5 Å². The first-order chi connectivity index (χ1) is 8.12. The number of ether oxygens (including phenoxy) is 1. The fourth-order valence-electron chi connectivity index (χ4n) is 1.33. The quantitative estimate of drug-likeness (QED) is 0.853. The number of nitrogens with two attached hydrogens (primary N) is 1. The minimum atomic E-state index is -0.998. The van der Waals surface area contributed by atoms with Crippen molar-refractivity contribution in [3.63, 3.8) is 0 Å². The zero-order chi connectivity index (χ0) is 12.8. The molecular weight excluding hydrogens is 236 g/mol. The number of benzene rings is 1. The van der Waals surface area contributed by atoms with Gasteiger partial charge in [-0.1, -0.05) is 6.07 Å². The molecule has 0 aliphatic heterocycles. The van der Waals surface area contributed by atoms with Crippen molar-refractivity contribution in [1.29, 1.82) is 5.26 Å². The highest BCUT2D eigenvalue weighted by atomic mass is 32.2. The summed E-state index contributed by atoms with van der Waals surface area (Å²) in [5.74, 6) is 0.947. The van der Waals surface area contributed by atoms with E-state index in [1.165, 1.54) is 7.11 Å². The van der Waals surface area contributed by atoms with E-state index in [1.54, 1.807) is 18.2 Å². The summed E-state index contributed by atoms with van der Waals surface area (Å²) in [5.41, 5.74) is 6.84. The van der Waals surface area contributed by atoms with E-state index < -0.39 is 10.8 Å². The number of hydrogen-bond donors (Lipinski definition) is 1. The largest absolute Gasteiger partial charge is 0.495 e. The Morgan fingerprint density at radius 3 is 2.82 bits per heavy atom. The normalized spacial score (nSPS) is 13.8. The van der Waals surface area contributed by atoms with E-state index in [-0.39, 0.29) is 5.25 Å². The molecule has 0 spiro atoms. The summed E-state index contributed by atoms with van der Waals surface area (Å²) < 4.78 is 16.9. The Hall–Kier alpha value is -1.38. The first-order valence-corrected chi connectivity index (χ1v) is 6.64. The number of nitrogens with zero attached hydrogens (tertiary/aromatic N) is 1. The molecule has 1 rings (SSSR count). The van der Waals surface area contributed by atoms with E-state index in [1.807, 2.05) is 13.0 Å². The van der Waals surface area contributed by atoms with Crippen LogP contribution in [0.4, 0.5) is 0 Å². The van der Waals surface area contributed by atoms with Gasteiger partial charge in [0.05, 0.1) is 12.7 Å². The lowest BCUT2D eigenvalue weighted by Crippen LogP contribution is -2.22. The van der Waals surface area contributed by atoms with Gasteiger partial charge in [-0.25, -0.2) is 0 Å². The van der Waals surface area contributed by atoms with E-state index in [0.29, 0.717) is 23.6 Å². The van der Waals surface area contributed by atoms with Crippen molar-refractivity contribution in [2.45, 2.75) is 17.9 Å². The zero-order valence-electron chi connectivity index (χ0n) is 9.97. The Bertz CT molecular complexity index is 454. The van der Waals surface area contributed by atoms with Crippen LogP contribution in [0.15, 0.2) is 18.2 Å². The van der Waals surface area contributed by atoms with E-state index in [2.05, 4.69) is 0 Å². The summed E-state index contributed by atoms with van der Waals surface area (Å²) in [6.45, 7) is 2.26. The van der Waals surface area contributed by atoms with Crippen LogP contribution in [0, 0.1) is 11.3 Å². The maximum absolute atomic E-state index is 11.8. The molecule has 0 saturated heterocycles. The number of nitriles is 1. The van der Waals surface area contributed by atoms with Crippen molar-refractivity contribution in [3.8, 4) is 11.8 Å². The smallest absolute Gasteiger partial charge is 0.136 e. The zero-order valence-corrected chi connectivity index (χ0v) is 10.8. The first-order valence-electron chi connectivity index (χ1n) is 5.26. The molecule has 0 fully saturated rings. The SMILES string of the molecule is COc1cc(CS(=O)C(C)CN)ccc1C#N. The second-order valence-electron chi connectivity index (χ2n) is 3.72. The van der Waals surface area contributed by atoms with Crippen LogP contribution >= 0.6 is 0 Å². The maximum Gasteiger partial charge on any atom is 0.136 e. The Labute approximate surface area is 104 Å². The van der Waals surface area contributed by atoms with Gasteiger partial charge >= 0.3 is 0 Å². The van der Waals surface area contributed by atoms with E-state index in [4.69, 9.17) is 15.7 Å². The van der Waals surface area contributed by atoms with Gasteiger partial charge in [0.2, 0.25) is 0 Å². The molecule has 0 saturated carbocycles. The standard InChI is InChI=1S/C12H16N2O2S/c1-9(6-13)17(15)8-10-3-4-11(7-14)12(5-10)16-2/h3-5,9H,6,8,13H2,1-2H3. The average Bonchev–Trinajstić information content (AvgIpc) is 2.37. The topological polar surface area (TPSA) is 76.1 Å². The fourth-order valence-corrected chi connectivity index (χ4v) is 2.34. The summed E-state index contributed by atoms with van der Waals surface area (Å²) in [7, 11) is 0.515. The van der Waals surface area contributed by atoms with E-state index in [9.17, 15) is 4.21 Å². The van der Waals surface area contributed by atoms with Gasteiger partial charge in [-0.3, -0.25) is 4.21 Å². The van der Waals surface area contributed by atoms with Crippen molar-refractivity contribution < 1.29 is 8.95 Å². The monoisotopic (exact) mass is 252 g/mol. The van der Waals surface area contributed by atoms with Crippen LogP contribution in [-0.4, -0.2) is 23.1 Å². The Balaban J connectivity index is 2.87. The van der Waals surface area contributed by atoms with E-state index in [0.717, 1.165) is 5.56 Å². The molecule has 0 aliphatic carbocycles. The molecule has 0 amide bonds. The van der Waals surface area contributed by atoms with Crippen LogP contribution in [0.5, 0.6) is 5.75 Å². The Morgan fingerprint density at radius 1 is 1.59 bits per heavy atom. The molecule has 0 heterocycles. The lowest BCUT2D eigenvalue weighted by Gasteiger charge is -2.10. The third-order valence-electron chi connectivity index (χ3n) is 2.48. The van der Waals surface area contributed by atoms with Crippen molar-refractivity contribution in [3.05, 3.63) is 29.3 Å². The van der Waals surface area contributed by atoms with Gasteiger partial charge in [-0.2, -0.15) is 5.26 Å². The highest BCUT2D eigenvalue weighted by Gasteiger charge is 2.11. The van der Waals surface area contributed by atoms with Crippen molar-refractivity contribution in [1.82, 2.24) is 0 Å². The Kier molecular flexibility index (Phi) is 5.13. The molecule has 5 heteroatoms. The Morgan fingerprint density at radius 2 is 2.29 bits per heavy atom. The molecule has 0 aromatic heterocycles. The average molecular weight is 252 g/mol. The van der Waals surface area contributed by atoms with Gasteiger partial charge in [0, 0.05) is 28.3 Å². The van der Waals surface area contributed by atoms with Crippen LogP contribution in [0.3, 0.4) is 0 Å². The van der Waals surface area contributed by atoms with Gasteiger partial charge in [-0.05, 0) is 24.6 Å². The third kappa shape index (κ3) is 3.55. The molecule has 0 radical (unpaired) electrons. The third-order valence-corrected chi connectivity index (χ3v) is 4.18. The highest BCUT2D eigenvalue weighted by molar-refractivity contribution is 7.84. The molecule has 0 bridgehead atoms. The van der Waals surface area contributed by atoms with Gasteiger partial charge in [-0.15, -0.1) is 0 Å². The van der Waals surface area contributed by atoms with Gasteiger partial charge in [0.1, 0.15) is 11.8 Å². The van der Waals surface area contributed by atoms with Crippen LogP contribution in [0.25, 0.3) is 0 Å². The number of hydrogen-bond acceptors (Lipinski definition) is 4. The molecular formula is C12H16N2O2S. The molecule has 1 aromatic rings. The van der Waals surface area contributed by atoms with Crippen LogP contribution in [0.2, 0.25) is 0 Å². The number of rotatable bonds is 5. The molecule has 4 nitrogen and oxygen atoms in total. The second-order valence-corrected chi connectivity index (χ2v) is 5.57. The lowest BCUT2D eigenvalue weighted by atomic mass is 10.1. The molecule has 17 heavy (non-hydrogen) atoms. The molecule has 2 unspecified atom stereocenters. The first kappa shape index (κ1) is 13.7. The molecule has 0 aliphatic rings. The second kappa shape index (κ2) is 6.38. The van der Waals surface area contributed by atoms with Crippen LogP contribution in [-0.2, 0) is 16.6 Å². The predicted octanol–water partition coefficient (Wildman–Crippen LogP) is 1.16. The van der Waals surface area contributed by atoms with Crippen LogP contribution in [0.1, 0.15) is 18.1 Å². The summed E-state index contributed by atoms with van der Waals surface area (Å²) in [5, 5.41) is 8.81. The number of methoxy groups -OCH3 is 1. The molecule has 2 atom stereocenters. The summed E-state index contributed by atoms with van der Waals surface area (Å²) in [6, 6.07) is 7.26. The molecule has 1 aromatic carbocycles. The van der Waals surface area contributed by atoms with Crippen molar-refractivity contribution >= 4 is 10.8 Å². The summed E-state index contributed by atoms with van der Waals surface area (Å²) in [4.78, 5) is 0. The summed E-state index contributed by atoms with van der Waals surface area (Å²) >= 11 is 0. The van der Waals surface area contributed by atoms with Gasteiger partial charge in [0.25, 0.3) is 0 Å². The minimum absolute atomic E-state index is 0.0309. The van der Waals surface area contributed by atoms with Crippen LogP contribution < -0.4 is 10.5 Å². The molecule has 2 N–H and O–H groups in total. The molecule has 92 valence electrons. The fraction of sp³-hybridized carbons (Fsp3) is 0.417. The predicted molar refractivity (Wildman–Crippen MR) is 68.1 cm³/mol. The minimum Gasteiger partial charge on any atom is -0.495 e. The highest BCUT2D eigenvalue weighted by Crippen LogP contribution is 2.20. The van der Waals surface area contributed by atoms with E-state index >= 15 is 0 Å².